The molecule has 2 heterocycles. The number of benzene rings is 2. The third-order valence-electron chi connectivity index (χ3n) is 4.17. The van der Waals surface area contributed by atoms with Crippen molar-refractivity contribution in [1.82, 2.24) is 10.6 Å². The molecule has 0 bridgehead atoms. The molecule has 26 heavy (non-hydrogen) atoms. The number of ketones is 1. The van der Waals surface area contributed by atoms with Crippen LogP contribution in [0.3, 0.4) is 0 Å². The van der Waals surface area contributed by atoms with Gasteiger partial charge in [-0.2, -0.15) is 0 Å². The van der Waals surface area contributed by atoms with E-state index in [-0.39, 0.29) is 5.78 Å². The Hall–Kier alpha value is -3.35. The molecule has 0 fully saturated rings. The summed E-state index contributed by atoms with van der Waals surface area (Å²) in [5, 5.41) is 12.7. The van der Waals surface area contributed by atoms with Crippen LogP contribution >= 0.6 is 0 Å². The number of carbonyl (C=O) groups is 1. The summed E-state index contributed by atoms with van der Waals surface area (Å²) < 4.78 is 0. The zero-order valence-electron chi connectivity index (χ0n) is 14.2. The van der Waals surface area contributed by atoms with Crippen LogP contribution in [0.5, 0.6) is 0 Å². The van der Waals surface area contributed by atoms with Crippen LogP contribution in [-0.4, -0.2) is 43.9 Å². The van der Waals surface area contributed by atoms with Gasteiger partial charge in [0.25, 0.3) is 0 Å². The molecular formula is C19H20N6O. The highest BCUT2D eigenvalue weighted by Gasteiger charge is 2.11. The van der Waals surface area contributed by atoms with Gasteiger partial charge in [0.2, 0.25) is 0 Å². The van der Waals surface area contributed by atoms with Crippen molar-refractivity contribution >= 4 is 29.1 Å². The molecule has 2 aliphatic heterocycles. The number of nitrogens with one attached hydrogen (secondary N) is 4. The van der Waals surface area contributed by atoms with Crippen molar-refractivity contribution in [1.29, 1.82) is 0 Å². The number of hydrogen-bond acceptors (Lipinski definition) is 7. The van der Waals surface area contributed by atoms with Crippen molar-refractivity contribution in [2.24, 2.45) is 9.98 Å². The van der Waals surface area contributed by atoms with Gasteiger partial charge in [0.1, 0.15) is 0 Å². The number of rotatable bonds is 4. The Morgan fingerprint density at radius 2 is 1.15 bits per heavy atom. The van der Waals surface area contributed by atoms with Gasteiger partial charge in [0.15, 0.2) is 17.7 Å². The first kappa shape index (κ1) is 16.1. The lowest BCUT2D eigenvalue weighted by Gasteiger charge is -2.09. The molecule has 0 aliphatic carbocycles. The lowest BCUT2D eigenvalue weighted by Crippen LogP contribution is -2.26. The lowest BCUT2D eigenvalue weighted by molar-refractivity contribution is 0.103. The fourth-order valence-corrected chi connectivity index (χ4v) is 2.81. The number of carbonyl (C=O) groups excluding carboxylic acids is 1. The lowest BCUT2D eigenvalue weighted by atomic mass is 10.0. The van der Waals surface area contributed by atoms with Gasteiger partial charge in [0.05, 0.1) is 13.1 Å². The van der Waals surface area contributed by atoms with Crippen molar-refractivity contribution in [3.8, 4) is 0 Å². The maximum absolute atomic E-state index is 12.6. The van der Waals surface area contributed by atoms with Gasteiger partial charge < -0.3 is 21.3 Å². The molecule has 0 radical (unpaired) electrons. The number of aliphatic imine (C=N–C) groups is 2. The Bertz CT molecular complexity index is 783. The molecule has 0 saturated carbocycles. The van der Waals surface area contributed by atoms with Crippen LogP contribution in [0.25, 0.3) is 0 Å². The predicted molar refractivity (Wildman–Crippen MR) is 104 cm³/mol. The highest BCUT2D eigenvalue weighted by atomic mass is 16.1. The van der Waals surface area contributed by atoms with Crippen LogP contribution in [0.2, 0.25) is 0 Å². The molecule has 0 unspecified atom stereocenters. The minimum atomic E-state index is -0.00392. The molecule has 0 amide bonds. The molecule has 4 N–H and O–H groups in total. The first-order chi connectivity index (χ1) is 12.8. The zero-order chi connectivity index (χ0) is 17.8. The average molecular weight is 348 g/mol. The van der Waals surface area contributed by atoms with E-state index in [0.29, 0.717) is 11.1 Å². The third kappa shape index (κ3) is 3.66. The number of guanidine groups is 2. The van der Waals surface area contributed by atoms with E-state index in [2.05, 4.69) is 31.3 Å². The van der Waals surface area contributed by atoms with Crippen molar-refractivity contribution in [2.75, 3.05) is 36.8 Å². The molecule has 2 aromatic carbocycles. The first-order valence-electron chi connectivity index (χ1n) is 8.63. The molecule has 7 nitrogen and oxygen atoms in total. The fourth-order valence-electron chi connectivity index (χ4n) is 2.81. The molecule has 132 valence electrons. The highest BCUT2D eigenvalue weighted by molar-refractivity contribution is 6.09. The van der Waals surface area contributed by atoms with Gasteiger partial charge in [-0.15, -0.1) is 0 Å². The summed E-state index contributed by atoms with van der Waals surface area (Å²) in [6, 6.07) is 14.8. The maximum atomic E-state index is 12.6. The van der Waals surface area contributed by atoms with E-state index < -0.39 is 0 Å². The van der Waals surface area contributed by atoms with Gasteiger partial charge in [-0.1, -0.05) is 0 Å². The van der Waals surface area contributed by atoms with E-state index in [1.807, 2.05) is 48.5 Å². The van der Waals surface area contributed by atoms with Crippen LogP contribution < -0.4 is 21.3 Å². The first-order valence-corrected chi connectivity index (χ1v) is 8.63. The molecule has 2 aliphatic rings. The smallest absolute Gasteiger partial charge is 0.195 e. The molecule has 0 aromatic heterocycles. The number of nitrogens with zero attached hydrogens (tertiary/aromatic N) is 2. The molecule has 0 saturated heterocycles. The molecule has 0 atom stereocenters. The van der Waals surface area contributed by atoms with Gasteiger partial charge in [-0.3, -0.25) is 14.8 Å². The van der Waals surface area contributed by atoms with E-state index in [4.69, 9.17) is 0 Å². The molecule has 0 spiro atoms. The van der Waals surface area contributed by atoms with Crippen molar-refractivity contribution in [3.63, 3.8) is 0 Å². The molecule has 4 rings (SSSR count). The standard InChI is InChI=1S/C19H20N6O/c26-17(13-1-5-15(6-2-13)24-18-20-9-10-21-18)14-3-7-16(8-4-14)25-19-22-11-12-23-19/h1-8H,9-12H2,(H2,20,21,24)(H2,22,23,25). The second kappa shape index (κ2) is 7.26. The summed E-state index contributed by atoms with van der Waals surface area (Å²) >= 11 is 0. The average Bonchev–Trinajstić information content (AvgIpc) is 3.37. The fraction of sp³-hybridized carbons (Fsp3) is 0.211. The molecule has 7 heteroatoms. The van der Waals surface area contributed by atoms with E-state index in [1.165, 1.54) is 0 Å². The predicted octanol–water partition coefficient (Wildman–Crippen LogP) is 1.66. The van der Waals surface area contributed by atoms with Gasteiger partial charge in [0, 0.05) is 35.6 Å². The Labute approximate surface area is 151 Å². The molecule has 2 aromatic rings. The van der Waals surface area contributed by atoms with Crippen molar-refractivity contribution < 1.29 is 4.79 Å². The van der Waals surface area contributed by atoms with Crippen molar-refractivity contribution in [2.45, 2.75) is 0 Å². The minimum absolute atomic E-state index is 0.00392. The number of hydrogen-bond donors (Lipinski definition) is 4. The van der Waals surface area contributed by atoms with Crippen LogP contribution in [0, 0.1) is 0 Å². The second-order valence-corrected chi connectivity index (χ2v) is 6.05. The summed E-state index contributed by atoms with van der Waals surface area (Å²) in [7, 11) is 0. The van der Waals surface area contributed by atoms with Crippen LogP contribution in [0.15, 0.2) is 58.5 Å². The summed E-state index contributed by atoms with van der Waals surface area (Å²) in [5.74, 6) is 1.54. The van der Waals surface area contributed by atoms with Gasteiger partial charge in [-0.25, -0.2) is 0 Å². The van der Waals surface area contributed by atoms with Crippen LogP contribution in [0.4, 0.5) is 11.4 Å². The summed E-state index contributed by atoms with van der Waals surface area (Å²) in [6.45, 7) is 3.28. The van der Waals surface area contributed by atoms with Crippen molar-refractivity contribution in [3.05, 3.63) is 59.7 Å². The Morgan fingerprint density at radius 1 is 0.731 bits per heavy atom. The summed E-state index contributed by atoms with van der Waals surface area (Å²) in [6.07, 6.45) is 0. The van der Waals surface area contributed by atoms with E-state index in [9.17, 15) is 4.79 Å². The van der Waals surface area contributed by atoms with E-state index >= 15 is 0 Å². The van der Waals surface area contributed by atoms with E-state index in [0.717, 1.165) is 49.5 Å². The van der Waals surface area contributed by atoms with Crippen LogP contribution in [-0.2, 0) is 0 Å². The largest absolute Gasteiger partial charge is 0.354 e. The van der Waals surface area contributed by atoms with Gasteiger partial charge in [-0.05, 0) is 48.5 Å². The topological polar surface area (TPSA) is 89.9 Å². The molecular weight excluding hydrogens is 328 g/mol. The van der Waals surface area contributed by atoms with Crippen LogP contribution in [0.1, 0.15) is 15.9 Å². The highest BCUT2D eigenvalue weighted by Crippen LogP contribution is 2.16. The normalized spacial score (nSPS) is 15.5. The zero-order valence-corrected chi connectivity index (χ0v) is 14.2. The monoisotopic (exact) mass is 348 g/mol. The second-order valence-electron chi connectivity index (χ2n) is 6.05. The SMILES string of the molecule is O=C(c1ccc(NC2=NCCN2)cc1)c1ccc(NC2=NCCN2)cc1. The maximum Gasteiger partial charge on any atom is 0.195 e. The Morgan fingerprint density at radius 3 is 1.50 bits per heavy atom. The summed E-state index contributed by atoms with van der Waals surface area (Å²) in [4.78, 5) is 21.2. The Balaban J connectivity index is 1.41. The summed E-state index contributed by atoms with van der Waals surface area (Å²) in [5.41, 5.74) is 3.11. The minimum Gasteiger partial charge on any atom is -0.354 e. The van der Waals surface area contributed by atoms with E-state index in [1.54, 1.807) is 0 Å². The van der Waals surface area contributed by atoms with Gasteiger partial charge >= 0.3 is 0 Å². The Kier molecular flexibility index (Phi) is 4.51. The quantitative estimate of drug-likeness (QED) is 0.631. The number of anilines is 2. The third-order valence-corrected chi connectivity index (χ3v) is 4.17.